The van der Waals surface area contributed by atoms with Gasteiger partial charge in [0.25, 0.3) is 0 Å². The number of amides is 2. The van der Waals surface area contributed by atoms with Gasteiger partial charge in [0.15, 0.2) is 0 Å². The number of methoxy groups -OCH3 is 1. The fraction of sp³-hybridized carbons (Fsp3) is 0.190. The Balaban J connectivity index is 1.82. The van der Waals surface area contributed by atoms with E-state index in [0.29, 0.717) is 28.1 Å². The van der Waals surface area contributed by atoms with Crippen molar-refractivity contribution in [2.75, 3.05) is 7.11 Å². The van der Waals surface area contributed by atoms with Crippen LogP contribution in [0.2, 0.25) is 0 Å². The molecule has 1 atom stereocenters. The van der Waals surface area contributed by atoms with E-state index in [0.717, 1.165) is 5.56 Å². The smallest absolute Gasteiger partial charge is 0.338 e. The summed E-state index contributed by atoms with van der Waals surface area (Å²) >= 11 is 0. The molecule has 7 heteroatoms. The van der Waals surface area contributed by atoms with Crippen molar-refractivity contribution in [1.29, 1.82) is 5.26 Å². The van der Waals surface area contributed by atoms with E-state index in [-0.39, 0.29) is 6.61 Å². The molecule has 0 radical (unpaired) electrons. The number of carbonyl (C=O) groups is 2. The largest absolute Gasteiger partial charge is 0.497 e. The number of allylic oxidation sites excluding steroid dienone is 1. The number of carbonyl (C=O) groups excluding carboxylic acids is 2. The van der Waals surface area contributed by atoms with E-state index in [1.54, 1.807) is 50.4 Å². The summed E-state index contributed by atoms with van der Waals surface area (Å²) in [4.78, 5) is 24.7. The minimum Gasteiger partial charge on any atom is -0.497 e. The number of rotatable bonds is 5. The van der Waals surface area contributed by atoms with Crippen LogP contribution in [0.15, 0.2) is 59.8 Å². The van der Waals surface area contributed by atoms with Crippen LogP contribution in [0.25, 0.3) is 0 Å². The van der Waals surface area contributed by atoms with Crippen molar-refractivity contribution in [2.24, 2.45) is 0 Å². The topological polar surface area (TPSA) is 100 Å². The second kappa shape index (κ2) is 8.27. The van der Waals surface area contributed by atoms with Crippen LogP contribution in [0.3, 0.4) is 0 Å². The van der Waals surface area contributed by atoms with Gasteiger partial charge in [0, 0.05) is 5.70 Å². The number of nitrogens with one attached hydrogen (secondary N) is 2. The average Bonchev–Trinajstić information content (AvgIpc) is 2.71. The quantitative estimate of drug-likeness (QED) is 0.781. The van der Waals surface area contributed by atoms with Gasteiger partial charge in [0.05, 0.1) is 30.4 Å². The van der Waals surface area contributed by atoms with Gasteiger partial charge in [-0.3, -0.25) is 0 Å². The molecule has 1 heterocycles. The molecule has 0 spiro atoms. The first-order valence-electron chi connectivity index (χ1n) is 8.60. The van der Waals surface area contributed by atoms with Crippen LogP contribution in [-0.4, -0.2) is 19.1 Å². The SMILES string of the molecule is COc1ccc(COC(=O)C2=C(C)NC(=O)NC2c2cccc(C#N)c2)cc1. The first-order chi connectivity index (χ1) is 13.5. The zero-order valence-electron chi connectivity index (χ0n) is 15.5. The molecule has 2 aromatic rings. The molecule has 2 N–H and O–H groups in total. The number of hydrogen-bond acceptors (Lipinski definition) is 5. The number of nitriles is 1. The Morgan fingerprint density at radius 1 is 1.21 bits per heavy atom. The fourth-order valence-corrected chi connectivity index (χ4v) is 2.95. The number of benzene rings is 2. The van der Waals surface area contributed by atoms with Crippen molar-refractivity contribution in [3.63, 3.8) is 0 Å². The Kier molecular flexibility index (Phi) is 5.61. The van der Waals surface area contributed by atoms with Gasteiger partial charge in [-0.15, -0.1) is 0 Å². The number of urea groups is 1. The van der Waals surface area contributed by atoms with Crippen molar-refractivity contribution < 1.29 is 19.1 Å². The number of ether oxygens (including phenoxy) is 2. The third-order valence-electron chi connectivity index (χ3n) is 4.37. The van der Waals surface area contributed by atoms with Crippen LogP contribution in [-0.2, 0) is 16.1 Å². The summed E-state index contributed by atoms with van der Waals surface area (Å²) in [7, 11) is 1.58. The minimum atomic E-state index is -0.703. The summed E-state index contributed by atoms with van der Waals surface area (Å²) < 4.78 is 10.6. The monoisotopic (exact) mass is 377 g/mol. The molecular formula is C21H19N3O4. The first kappa shape index (κ1) is 19.0. The van der Waals surface area contributed by atoms with Crippen molar-refractivity contribution >= 4 is 12.0 Å². The van der Waals surface area contributed by atoms with Gasteiger partial charge in [0.1, 0.15) is 12.4 Å². The molecule has 0 saturated carbocycles. The van der Waals surface area contributed by atoms with Crippen LogP contribution in [0.4, 0.5) is 4.79 Å². The lowest BCUT2D eigenvalue weighted by molar-refractivity contribution is -0.140. The molecule has 1 unspecified atom stereocenters. The lowest BCUT2D eigenvalue weighted by Crippen LogP contribution is -2.45. The highest BCUT2D eigenvalue weighted by Gasteiger charge is 2.32. The van der Waals surface area contributed by atoms with Crippen LogP contribution in [0, 0.1) is 11.3 Å². The summed E-state index contributed by atoms with van der Waals surface area (Å²) in [5.41, 5.74) is 2.58. The van der Waals surface area contributed by atoms with E-state index in [1.807, 2.05) is 12.1 Å². The predicted octanol–water partition coefficient (Wildman–Crippen LogP) is 2.94. The molecule has 3 rings (SSSR count). The Hall–Kier alpha value is -3.79. The normalized spacial score (nSPS) is 15.9. The third-order valence-corrected chi connectivity index (χ3v) is 4.37. The summed E-state index contributed by atoms with van der Waals surface area (Å²) in [6, 6.07) is 14.9. The number of hydrogen-bond donors (Lipinski definition) is 2. The molecule has 1 aliphatic heterocycles. The van der Waals surface area contributed by atoms with E-state index >= 15 is 0 Å². The van der Waals surface area contributed by atoms with Gasteiger partial charge in [-0.1, -0.05) is 24.3 Å². The molecule has 0 aliphatic carbocycles. The van der Waals surface area contributed by atoms with Crippen molar-refractivity contribution in [3.05, 3.63) is 76.5 Å². The highest BCUT2D eigenvalue weighted by molar-refractivity contribution is 5.95. The molecule has 1 aliphatic rings. The van der Waals surface area contributed by atoms with E-state index in [2.05, 4.69) is 16.7 Å². The molecular weight excluding hydrogens is 358 g/mol. The van der Waals surface area contributed by atoms with E-state index in [4.69, 9.17) is 14.7 Å². The molecule has 0 fully saturated rings. The predicted molar refractivity (Wildman–Crippen MR) is 101 cm³/mol. The average molecular weight is 377 g/mol. The van der Waals surface area contributed by atoms with Gasteiger partial charge in [-0.2, -0.15) is 5.26 Å². The highest BCUT2D eigenvalue weighted by Crippen LogP contribution is 2.28. The zero-order chi connectivity index (χ0) is 20.1. The van der Waals surface area contributed by atoms with Gasteiger partial charge >= 0.3 is 12.0 Å². The molecule has 142 valence electrons. The standard InChI is InChI=1S/C21H19N3O4/c1-13-18(20(25)28-12-14-6-8-17(27-2)9-7-14)19(24-21(26)23-13)16-5-3-4-15(10-16)11-22/h3-10,19H,12H2,1-2H3,(H2,23,24,26). The Bertz CT molecular complexity index is 974. The molecule has 0 aromatic heterocycles. The number of esters is 1. The van der Waals surface area contributed by atoms with Crippen LogP contribution >= 0.6 is 0 Å². The van der Waals surface area contributed by atoms with Crippen molar-refractivity contribution in [3.8, 4) is 11.8 Å². The highest BCUT2D eigenvalue weighted by atomic mass is 16.5. The summed E-state index contributed by atoms with van der Waals surface area (Å²) in [5.74, 6) is 0.165. The van der Waals surface area contributed by atoms with Crippen LogP contribution in [0.1, 0.15) is 29.7 Å². The number of nitrogens with zero attached hydrogens (tertiary/aromatic N) is 1. The first-order valence-corrected chi connectivity index (χ1v) is 8.60. The van der Waals surface area contributed by atoms with Crippen molar-refractivity contribution in [1.82, 2.24) is 10.6 Å². The summed E-state index contributed by atoms with van der Waals surface area (Å²) in [6.07, 6.45) is 0. The molecule has 28 heavy (non-hydrogen) atoms. The molecule has 7 nitrogen and oxygen atoms in total. The molecule has 2 amide bonds. The van der Waals surface area contributed by atoms with Gasteiger partial charge < -0.3 is 20.1 Å². The summed E-state index contributed by atoms with van der Waals surface area (Å²) in [6.45, 7) is 1.72. The minimum absolute atomic E-state index is 0.0819. The fourth-order valence-electron chi connectivity index (χ4n) is 2.95. The van der Waals surface area contributed by atoms with Gasteiger partial charge in [-0.25, -0.2) is 9.59 Å². The van der Waals surface area contributed by atoms with Crippen LogP contribution < -0.4 is 15.4 Å². The second-order valence-electron chi connectivity index (χ2n) is 6.23. The van der Waals surface area contributed by atoms with Gasteiger partial charge in [0.2, 0.25) is 0 Å². The second-order valence-corrected chi connectivity index (χ2v) is 6.23. The lowest BCUT2D eigenvalue weighted by Gasteiger charge is -2.28. The van der Waals surface area contributed by atoms with E-state index in [9.17, 15) is 9.59 Å². The van der Waals surface area contributed by atoms with Crippen LogP contribution in [0.5, 0.6) is 5.75 Å². The Labute approximate surface area is 162 Å². The Morgan fingerprint density at radius 3 is 2.64 bits per heavy atom. The molecule has 0 bridgehead atoms. The van der Waals surface area contributed by atoms with Crippen molar-refractivity contribution in [2.45, 2.75) is 19.6 Å². The van der Waals surface area contributed by atoms with E-state index < -0.39 is 18.0 Å². The maximum Gasteiger partial charge on any atom is 0.338 e. The van der Waals surface area contributed by atoms with E-state index in [1.165, 1.54) is 0 Å². The summed E-state index contributed by atoms with van der Waals surface area (Å²) in [5, 5.41) is 14.4. The van der Waals surface area contributed by atoms with Gasteiger partial charge in [-0.05, 0) is 42.3 Å². The Morgan fingerprint density at radius 2 is 1.96 bits per heavy atom. The zero-order valence-corrected chi connectivity index (χ0v) is 15.5. The lowest BCUT2D eigenvalue weighted by atomic mass is 9.94. The molecule has 2 aromatic carbocycles. The third kappa shape index (κ3) is 4.13. The maximum absolute atomic E-state index is 12.8. The molecule has 0 saturated heterocycles. The maximum atomic E-state index is 12.8.